The average molecular weight is 387 g/mol. The number of aromatic nitrogens is 1. The second kappa shape index (κ2) is 7.03. The number of likely N-dealkylation sites (tertiary alicyclic amines) is 1. The Morgan fingerprint density at radius 2 is 1.70 bits per heavy atom. The number of carbonyl (C=O) groups is 1. The number of amides is 1. The van der Waals surface area contributed by atoms with Crippen LogP contribution in [0.1, 0.15) is 23.3 Å². The summed E-state index contributed by atoms with van der Waals surface area (Å²) < 4.78 is 33.6. The predicted molar refractivity (Wildman–Crippen MR) is 98.4 cm³/mol. The summed E-state index contributed by atoms with van der Waals surface area (Å²) in [5.74, 6) is -0.138. The molecule has 27 heavy (non-hydrogen) atoms. The lowest BCUT2D eigenvalue weighted by Gasteiger charge is -2.42. The number of hydrogen-bond acceptors (Lipinski definition) is 5. The van der Waals surface area contributed by atoms with E-state index in [1.165, 1.54) is 4.31 Å². The lowest BCUT2D eigenvalue weighted by molar-refractivity contribution is -0.0857. The summed E-state index contributed by atoms with van der Waals surface area (Å²) in [6.45, 7) is 1.54. The third-order valence-corrected chi connectivity index (χ3v) is 7.13. The largest absolute Gasteiger partial charge is 0.358 e. The van der Waals surface area contributed by atoms with Gasteiger partial charge in [-0.2, -0.15) is 4.31 Å². The lowest BCUT2D eigenvalue weighted by atomic mass is 10.0. The molecule has 0 N–H and O–H groups in total. The molecule has 1 aromatic carbocycles. The van der Waals surface area contributed by atoms with Crippen LogP contribution in [0.15, 0.2) is 59.6 Å². The summed E-state index contributed by atoms with van der Waals surface area (Å²) in [7, 11) is -3.64. The molecule has 2 aliphatic rings. The van der Waals surface area contributed by atoms with Crippen molar-refractivity contribution in [2.75, 3.05) is 26.2 Å². The Morgan fingerprint density at radius 3 is 2.37 bits per heavy atom. The first-order valence-electron chi connectivity index (χ1n) is 8.95. The highest BCUT2D eigenvalue weighted by atomic mass is 32.2. The van der Waals surface area contributed by atoms with Crippen molar-refractivity contribution in [3.8, 4) is 0 Å². The van der Waals surface area contributed by atoms with Crippen LogP contribution in [0.4, 0.5) is 0 Å². The molecule has 8 heteroatoms. The predicted octanol–water partition coefficient (Wildman–Crippen LogP) is 1.73. The zero-order valence-corrected chi connectivity index (χ0v) is 15.6. The van der Waals surface area contributed by atoms with Crippen molar-refractivity contribution in [3.63, 3.8) is 0 Å². The molecule has 0 unspecified atom stereocenters. The summed E-state index contributed by atoms with van der Waals surface area (Å²) in [5, 5.41) is 0. The Kier molecular flexibility index (Phi) is 4.71. The molecule has 142 valence electrons. The van der Waals surface area contributed by atoms with E-state index in [1.54, 1.807) is 59.6 Å². The van der Waals surface area contributed by atoms with Gasteiger partial charge in [-0.05, 0) is 24.3 Å². The maximum atomic E-state index is 13.1. The molecular formula is C19H21N3O4S. The van der Waals surface area contributed by atoms with E-state index in [0.717, 1.165) is 0 Å². The van der Waals surface area contributed by atoms with Crippen LogP contribution in [-0.4, -0.2) is 60.5 Å². The Balaban J connectivity index is 1.52. The van der Waals surface area contributed by atoms with E-state index < -0.39 is 15.7 Å². The van der Waals surface area contributed by atoms with Gasteiger partial charge in [-0.25, -0.2) is 8.42 Å². The van der Waals surface area contributed by atoms with Crippen LogP contribution in [0.2, 0.25) is 0 Å². The van der Waals surface area contributed by atoms with Crippen LogP contribution in [0.3, 0.4) is 0 Å². The van der Waals surface area contributed by atoms with E-state index in [4.69, 9.17) is 4.74 Å². The van der Waals surface area contributed by atoms with Crippen LogP contribution in [0.25, 0.3) is 0 Å². The highest BCUT2D eigenvalue weighted by molar-refractivity contribution is 7.89. The molecule has 3 heterocycles. The fourth-order valence-electron chi connectivity index (χ4n) is 3.76. The minimum Gasteiger partial charge on any atom is -0.358 e. The molecule has 1 aromatic heterocycles. The maximum Gasteiger partial charge on any atom is 0.272 e. The molecule has 2 fully saturated rings. The highest BCUT2D eigenvalue weighted by Gasteiger charge is 2.51. The molecule has 1 amide bonds. The molecule has 4 rings (SSSR count). The SMILES string of the molecule is O=C(c1ccccn1)N1CCC2(CC1)OCCN2S(=O)(=O)c1ccccc1. The van der Waals surface area contributed by atoms with E-state index in [2.05, 4.69) is 4.98 Å². The van der Waals surface area contributed by atoms with Gasteiger partial charge in [0.2, 0.25) is 10.0 Å². The van der Waals surface area contributed by atoms with E-state index in [0.29, 0.717) is 44.8 Å². The first-order valence-corrected chi connectivity index (χ1v) is 10.4. The molecule has 7 nitrogen and oxygen atoms in total. The summed E-state index contributed by atoms with van der Waals surface area (Å²) in [6, 6.07) is 13.6. The highest BCUT2D eigenvalue weighted by Crippen LogP contribution is 2.38. The van der Waals surface area contributed by atoms with Crippen molar-refractivity contribution in [2.45, 2.75) is 23.5 Å². The van der Waals surface area contributed by atoms with Gasteiger partial charge in [0.15, 0.2) is 0 Å². The lowest BCUT2D eigenvalue weighted by Crippen LogP contribution is -2.55. The molecule has 2 aromatic rings. The minimum absolute atomic E-state index is 0.138. The van der Waals surface area contributed by atoms with Gasteiger partial charge >= 0.3 is 0 Å². The van der Waals surface area contributed by atoms with E-state index in [1.807, 2.05) is 0 Å². The summed E-state index contributed by atoms with van der Waals surface area (Å²) in [4.78, 5) is 18.7. The Labute approximate surface area is 158 Å². The van der Waals surface area contributed by atoms with Crippen molar-refractivity contribution in [3.05, 3.63) is 60.4 Å². The van der Waals surface area contributed by atoms with E-state index in [9.17, 15) is 13.2 Å². The number of rotatable bonds is 3. The van der Waals surface area contributed by atoms with Gasteiger partial charge < -0.3 is 9.64 Å². The smallest absolute Gasteiger partial charge is 0.272 e. The van der Waals surface area contributed by atoms with Gasteiger partial charge in [0, 0.05) is 38.7 Å². The molecule has 2 saturated heterocycles. The molecular weight excluding hydrogens is 366 g/mol. The van der Waals surface area contributed by atoms with Crippen molar-refractivity contribution in [1.82, 2.24) is 14.2 Å². The van der Waals surface area contributed by atoms with Crippen LogP contribution < -0.4 is 0 Å². The standard InChI is InChI=1S/C19H21N3O4S/c23-18(17-8-4-5-11-20-17)21-12-9-19(10-13-21)22(14-15-26-19)27(24,25)16-6-2-1-3-7-16/h1-8,11H,9-10,12-15H2. The third kappa shape index (κ3) is 3.24. The van der Waals surface area contributed by atoms with Gasteiger partial charge in [0.25, 0.3) is 5.91 Å². The minimum atomic E-state index is -3.64. The van der Waals surface area contributed by atoms with E-state index in [-0.39, 0.29) is 10.8 Å². The van der Waals surface area contributed by atoms with Crippen molar-refractivity contribution < 1.29 is 17.9 Å². The van der Waals surface area contributed by atoms with Crippen molar-refractivity contribution in [2.24, 2.45) is 0 Å². The van der Waals surface area contributed by atoms with Crippen molar-refractivity contribution in [1.29, 1.82) is 0 Å². The average Bonchev–Trinajstić information content (AvgIpc) is 3.13. The topological polar surface area (TPSA) is 79.8 Å². The number of nitrogens with zero attached hydrogens (tertiary/aromatic N) is 3. The molecule has 1 spiro atoms. The van der Waals surface area contributed by atoms with Gasteiger partial charge in [-0.1, -0.05) is 24.3 Å². The van der Waals surface area contributed by atoms with E-state index >= 15 is 0 Å². The normalized spacial score (nSPS) is 20.1. The van der Waals surface area contributed by atoms with Crippen LogP contribution in [0, 0.1) is 0 Å². The zero-order chi connectivity index (χ0) is 18.9. The zero-order valence-electron chi connectivity index (χ0n) is 14.8. The Bertz CT molecular complexity index is 910. The quantitative estimate of drug-likeness (QED) is 0.801. The molecule has 0 bridgehead atoms. The fraction of sp³-hybridized carbons (Fsp3) is 0.368. The summed E-state index contributed by atoms with van der Waals surface area (Å²) in [5.41, 5.74) is -0.482. The molecule has 0 saturated carbocycles. The van der Waals surface area contributed by atoms with Gasteiger partial charge in [-0.3, -0.25) is 9.78 Å². The van der Waals surface area contributed by atoms with Crippen molar-refractivity contribution >= 4 is 15.9 Å². The van der Waals surface area contributed by atoms with Crippen LogP contribution in [-0.2, 0) is 14.8 Å². The maximum absolute atomic E-state index is 13.1. The monoisotopic (exact) mass is 387 g/mol. The second-order valence-corrected chi connectivity index (χ2v) is 8.55. The van der Waals surface area contributed by atoms with Gasteiger partial charge in [-0.15, -0.1) is 0 Å². The molecule has 0 radical (unpaired) electrons. The molecule has 2 aliphatic heterocycles. The number of hydrogen-bond donors (Lipinski definition) is 0. The number of carbonyl (C=O) groups excluding carboxylic acids is 1. The van der Waals surface area contributed by atoms with Gasteiger partial charge in [0.1, 0.15) is 11.4 Å². The first kappa shape index (κ1) is 18.1. The first-order chi connectivity index (χ1) is 13.0. The number of pyridine rings is 1. The number of sulfonamides is 1. The second-order valence-electron chi connectivity index (χ2n) is 6.69. The summed E-state index contributed by atoms with van der Waals surface area (Å²) in [6.07, 6.45) is 2.47. The van der Waals surface area contributed by atoms with Crippen LogP contribution in [0.5, 0.6) is 0 Å². The number of ether oxygens (including phenoxy) is 1. The Morgan fingerprint density at radius 1 is 1.00 bits per heavy atom. The number of benzene rings is 1. The van der Waals surface area contributed by atoms with Gasteiger partial charge in [0.05, 0.1) is 11.5 Å². The van der Waals surface area contributed by atoms with Crippen LogP contribution >= 0.6 is 0 Å². The summed E-state index contributed by atoms with van der Waals surface area (Å²) >= 11 is 0. The molecule has 0 aliphatic carbocycles. The third-order valence-electron chi connectivity index (χ3n) is 5.17. The molecule has 0 atom stereocenters. The fourth-order valence-corrected chi connectivity index (χ4v) is 5.50. The Hall–Kier alpha value is -2.29. The number of piperidine rings is 1.